The predicted octanol–water partition coefficient (Wildman–Crippen LogP) is 5.19. The third-order valence-corrected chi connectivity index (χ3v) is 5.67. The van der Waals surface area contributed by atoms with Gasteiger partial charge in [-0.3, -0.25) is 4.98 Å². The molecule has 2 aromatic heterocycles. The van der Waals surface area contributed by atoms with Gasteiger partial charge in [0.05, 0.1) is 11.1 Å². The summed E-state index contributed by atoms with van der Waals surface area (Å²) < 4.78 is 0. The van der Waals surface area contributed by atoms with E-state index in [2.05, 4.69) is 22.1 Å². The molecular formula is C20H17N3S. The van der Waals surface area contributed by atoms with E-state index >= 15 is 0 Å². The van der Waals surface area contributed by atoms with Crippen LogP contribution in [0.15, 0.2) is 41.5 Å². The molecule has 4 rings (SSSR count). The zero-order chi connectivity index (χ0) is 16.4. The average Bonchev–Trinajstić information content (AvgIpc) is 2.79. The fourth-order valence-corrected chi connectivity index (χ4v) is 4.43. The van der Waals surface area contributed by atoms with Gasteiger partial charge in [0, 0.05) is 22.7 Å². The first-order valence-corrected chi connectivity index (χ1v) is 9.10. The Morgan fingerprint density at radius 3 is 3.00 bits per heavy atom. The molecule has 24 heavy (non-hydrogen) atoms. The van der Waals surface area contributed by atoms with Gasteiger partial charge in [0.25, 0.3) is 0 Å². The van der Waals surface area contributed by atoms with Gasteiger partial charge in [-0.25, -0.2) is 4.99 Å². The lowest BCUT2D eigenvalue weighted by Crippen LogP contribution is -1.87. The maximum Gasteiger partial charge on any atom is 0.134 e. The molecule has 0 aliphatic heterocycles. The summed E-state index contributed by atoms with van der Waals surface area (Å²) in [6.45, 7) is 0. The summed E-state index contributed by atoms with van der Waals surface area (Å²) in [6.07, 6.45) is 9.43. The van der Waals surface area contributed by atoms with Crippen LogP contribution < -0.4 is 0 Å². The van der Waals surface area contributed by atoms with E-state index in [9.17, 15) is 5.26 Å². The highest BCUT2D eigenvalue weighted by atomic mass is 32.1. The lowest BCUT2D eigenvalue weighted by Gasteiger charge is -1.98. The standard InChI is InChI=1S/C20H17N3S/c21-12-17-16-6-2-1-3-7-19(16)24-20(17)23-13-14-8-9-18-15(11-14)5-4-10-22-18/h4-5,8-11,13H,1-3,6-7H2. The first-order valence-electron chi connectivity index (χ1n) is 8.28. The summed E-state index contributed by atoms with van der Waals surface area (Å²) >= 11 is 1.69. The highest BCUT2D eigenvalue weighted by Crippen LogP contribution is 2.38. The molecule has 0 N–H and O–H groups in total. The molecule has 0 unspecified atom stereocenters. The minimum atomic E-state index is 0.788. The van der Waals surface area contributed by atoms with Crippen molar-refractivity contribution in [3.05, 3.63) is 58.1 Å². The zero-order valence-electron chi connectivity index (χ0n) is 13.3. The molecule has 2 heterocycles. The second kappa shape index (κ2) is 6.54. The van der Waals surface area contributed by atoms with Crippen LogP contribution in [0, 0.1) is 11.3 Å². The first kappa shape index (κ1) is 15.0. The maximum atomic E-state index is 9.57. The van der Waals surface area contributed by atoms with Gasteiger partial charge < -0.3 is 0 Å². The molecule has 0 atom stereocenters. The van der Waals surface area contributed by atoms with E-state index in [0.717, 1.165) is 39.9 Å². The zero-order valence-corrected chi connectivity index (χ0v) is 14.1. The van der Waals surface area contributed by atoms with Crippen molar-refractivity contribution >= 4 is 33.5 Å². The summed E-state index contributed by atoms with van der Waals surface area (Å²) in [7, 11) is 0. The van der Waals surface area contributed by atoms with E-state index in [0.29, 0.717) is 0 Å². The van der Waals surface area contributed by atoms with Crippen molar-refractivity contribution < 1.29 is 0 Å². The summed E-state index contributed by atoms with van der Waals surface area (Å²) in [6, 6.07) is 12.5. The van der Waals surface area contributed by atoms with Crippen LogP contribution in [0.2, 0.25) is 0 Å². The molecule has 0 bridgehead atoms. The second-order valence-corrected chi connectivity index (χ2v) is 7.15. The van der Waals surface area contributed by atoms with Crippen LogP contribution in [0.1, 0.15) is 40.8 Å². The molecule has 4 heteroatoms. The molecule has 1 aromatic carbocycles. The van der Waals surface area contributed by atoms with Crippen molar-refractivity contribution in [2.45, 2.75) is 32.1 Å². The van der Waals surface area contributed by atoms with Gasteiger partial charge >= 0.3 is 0 Å². The number of hydrogen-bond donors (Lipinski definition) is 0. The Kier molecular flexibility index (Phi) is 4.10. The molecule has 0 fully saturated rings. The number of pyridine rings is 1. The monoisotopic (exact) mass is 331 g/mol. The molecule has 0 amide bonds. The lowest BCUT2D eigenvalue weighted by molar-refractivity contribution is 0.712. The summed E-state index contributed by atoms with van der Waals surface area (Å²) in [5.74, 6) is 0. The highest BCUT2D eigenvalue weighted by molar-refractivity contribution is 7.16. The number of aryl methyl sites for hydroxylation is 1. The van der Waals surface area contributed by atoms with Crippen molar-refractivity contribution in [3.63, 3.8) is 0 Å². The van der Waals surface area contributed by atoms with Gasteiger partial charge in [-0.15, -0.1) is 11.3 Å². The topological polar surface area (TPSA) is 49.0 Å². The van der Waals surface area contributed by atoms with E-state index < -0.39 is 0 Å². The van der Waals surface area contributed by atoms with Crippen LogP contribution in [0.3, 0.4) is 0 Å². The average molecular weight is 331 g/mol. The Labute approximate surface area is 145 Å². The molecule has 0 saturated heterocycles. The van der Waals surface area contributed by atoms with E-state index in [1.54, 1.807) is 17.5 Å². The van der Waals surface area contributed by atoms with Crippen LogP contribution in [-0.2, 0) is 12.8 Å². The van der Waals surface area contributed by atoms with Crippen LogP contribution in [0.25, 0.3) is 10.9 Å². The molecular weight excluding hydrogens is 314 g/mol. The van der Waals surface area contributed by atoms with Crippen molar-refractivity contribution in [1.29, 1.82) is 5.26 Å². The molecule has 0 radical (unpaired) electrons. The van der Waals surface area contributed by atoms with Gasteiger partial charge in [-0.1, -0.05) is 18.6 Å². The van der Waals surface area contributed by atoms with Crippen LogP contribution in [-0.4, -0.2) is 11.2 Å². The SMILES string of the molecule is N#Cc1c(N=Cc2ccc3ncccc3c2)sc2c1CCCCC2. The van der Waals surface area contributed by atoms with Crippen LogP contribution in [0.5, 0.6) is 0 Å². The summed E-state index contributed by atoms with van der Waals surface area (Å²) in [5.41, 5.74) is 4.05. The Morgan fingerprint density at radius 2 is 2.08 bits per heavy atom. The normalized spacial score (nSPS) is 14.5. The minimum Gasteiger partial charge on any atom is -0.256 e. The smallest absolute Gasteiger partial charge is 0.134 e. The molecule has 3 aromatic rings. The number of nitriles is 1. The van der Waals surface area contributed by atoms with E-state index in [4.69, 9.17) is 0 Å². The van der Waals surface area contributed by atoms with Gasteiger partial charge in [0.1, 0.15) is 11.1 Å². The summed E-state index contributed by atoms with van der Waals surface area (Å²) in [5, 5.41) is 11.5. The van der Waals surface area contributed by atoms with E-state index in [1.165, 1.54) is 29.7 Å². The quantitative estimate of drug-likeness (QED) is 0.479. The number of benzene rings is 1. The molecule has 3 nitrogen and oxygen atoms in total. The molecule has 1 aliphatic carbocycles. The fraction of sp³-hybridized carbons (Fsp3) is 0.250. The Balaban J connectivity index is 1.69. The fourth-order valence-electron chi connectivity index (χ4n) is 3.24. The molecule has 0 saturated carbocycles. The molecule has 0 spiro atoms. The highest BCUT2D eigenvalue weighted by Gasteiger charge is 2.19. The molecule has 118 valence electrons. The van der Waals surface area contributed by atoms with E-state index in [-0.39, 0.29) is 0 Å². The molecule has 1 aliphatic rings. The number of nitrogens with zero attached hydrogens (tertiary/aromatic N) is 3. The summed E-state index contributed by atoms with van der Waals surface area (Å²) in [4.78, 5) is 10.3. The van der Waals surface area contributed by atoms with Gasteiger partial charge in [-0.05, 0) is 55.0 Å². The number of rotatable bonds is 2. The Bertz CT molecular complexity index is 963. The Hall–Kier alpha value is -2.51. The van der Waals surface area contributed by atoms with Gasteiger partial charge in [-0.2, -0.15) is 5.26 Å². The number of aromatic nitrogens is 1. The maximum absolute atomic E-state index is 9.57. The predicted molar refractivity (Wildman–Crippen MR) is 99.3 cm³/mol. The van der Waals surface area contributed by atoms with Crippen LogP contribution >= 0.6 is 11.3 Å². The minimum absolute atomic E-state index is 0.788. The number of fused-ring (bicyclic) bond motifs is 2. The first-order chi connectivity index (χ1) is 11.8. The van der Waals surface area contributed by atoms with Crippen LogP contribution in [0.4, 0.5) is 5.00 Å². The van der Waals surface area contributed by atoms with Crippen molar-refractivity contribution in [3.8, 4) is 6.07 Å². The second-order valence-electron chi connectivity index (χ2n) is 6.07. The third-order valence-electron chi connectivity index (χ3n) is 4.47. The Morgan fingerprint density at radius 1 is 1.17 bits per heavy atom. The van der Waals surface area contributed by atoms with Crippen molar-refractivity contribution in [2.24, 2.45) is 4.99 Å². The largest absolute Gasteiger partial charge is 0.256 e. The van der Waals surface area contributed by atoms with E-state index in [1.807, 2.05) is 30.5 Å². The van der Waals surface area contributed by atoms with Crippen molar-refractivity contribution in [2.75, 3.05) is 0 Å². The lowest BCUT2D eigenvalue weighted by atomic mass is 10.1. The third kappa shape index (κ3) is 2.83. The number of aliphatic imine (C=N–C) groups is 1. The number of thiophene rings is 1. The van der Waals surface area contributed by atoms with Gasteiger partial charge in [0.15, 0.2) is 0 Å². The number of hydrogen-bond acceptors (Lipinski definition) is 4. The van der Waals surface area contributed by atoms with Gasteiger partial charge in [0.2, 0.25) is 0 Å². The van der Waals surface area contributed by atoms with Crippen molar-refractivity contribution in [1.82, 2.24) is 4.98 Å².